The Morgan fingerprint density at radius 3 is 2.74 bits per heavy atom. The predicted octanol–water partition coefficient (Wildman–Crippen LogP) is 6.52. The number of rotatable bonds is 1. The van der Waals surface area contributed by atoms with E-state index in [9.17, 15) is 23.4 Å². The molecule has 2 N–H and O–H groups in total. The summed E-state index contributed by atoms with van der Waals surface area (Å²) >= 11 is 0. The third kappa shape index (κ3) is 3.52. The summed E-state index contributed by atoms with van der Waals surface area (Å²) in [5.41, 5.74) is 0.542. The maximum Gasteiger partial charge on any atom is 0.413 e. The van der Waals surface area contributed by atoms with Gasteiger partial charge < -0.3 is 10.2 Å². The molecule has 4 aliphatic carbocycles. The van der Waals surface area contributed by atoms with Gasteiger partial charge in [-0.15, -0.1) is 0 Å². The number of aliphatic hydroxyl groups is 2. The Kier molecular flexibility index (Phi) is 5.11. The van der Waals surface area contributed by atoms with Crippen molar-refractivity contribution in [1.82, 2.24) is 4.98 Å². The molecule has 0 aliphatic heterocycles. The first-order valence-electron chi connectivity index (χ1n) is 12.6. The first-order valence-corrected chi connectivity index (χ1v) is 12.6. The van der Waals surface area contributed by atoms with E-state index >= 15 is 0 Å². The van der Waals surface area contributed by atoms with Crippen LogP contribution in [0.25, 0.3) is 16.5 Å². The monoisotopic (exact) mass is 481 g/mol. The second kappa shape index (κ2) is 7.78. The van der Waals surface area contributed by atoms with Crippen molar-refractivity contribution in [2.24, 2.45) is 17.3 Å². The van der Waals surface area contributed by atoms with Gasteiger partial charge in [0.15, 0.2) is 0 Å². The standard InChI is InChI=1S/C29H30F3NO2/c1-27-16-24(29(30,31)32)23-15-20-14-21(34)6-4-17(20)10-11-28(23,35)26(27)9-7-22(27)18-5-8-25-19(13-18)3-2-12-33-25/h2-3,5,7-8,12-13,15,17,21,26,34-35H,4,6,9-11,14,16H2,1H3/t17?,21?,26?,27?,28-/m1/s1. The van der Waals surface area contributed by atoms with Crippen LogP contribution in [-0.4, -0.2) is 33.1 Å². The van der Waals surface area contributed by atoms with Crippen molar-refractivity contribution in [2.45, 2.75) is 69.8 Å². The molecule has 1 fully saturated rings. The van der Waals surface area contributed by atoms with Gasteiger partial charge in [-0.2, -0.15) is 13.2 Å². The van der Waals surface area contributed by atoms with Gasteiger partial charge in [-0.1, -0.05) is 36.8 Å². The van der Waals surface area contributed by atoms with Crippen molar-refractivity contribution in [2.75, 3.05) is 0 Å². The summed E-state index contributed by atoms with van der Waals surface area (Å²) < 4.78 is 43.8. The number of fused-ring (bicyclic) bond motifs is 5. The Hall–Kier alpha value is -2.44. The minimum atomic E-state index is -4.54. The number of aromatic nitrogens is 1. The number of alkyl halides is 3. The van der Waals surface area contributed by atoms with Crippen LogP contribution in [0.5, 0.6) is 0 Å². The van der Waals surface area contributed by atoms with Gasteiger partial charge in [-0.3, -0.25) is 4.98 Å². The molecule has 35 heavy (non-hydrogen) atoms. The summed E-state index contributed by atoms with van der Waals surface area (Å²) in [6.45, 7) is 1.90. The fourth-order valence-corrected chi connectivity index (χ4v) is 7.44. The van der Waals surface area contributed by atoms with Gasteiger partial charge in [-0.05, 0) is 85.8 Å². The average molecular weight is 482 g/mol. The molecule has 184 valence electrons. The smallest absolute Gasteiger partial charge is 0.393 e. The van der Waals surface area contributed by atoms with Gasteiger partial charge in [0.25, 0.3) is 0 Å². The largest absolute Gasteiger partial charge is 0.413 e. The number of halogens is 3. The van der Waals surface area contributed by atoms with E-state index in [0.717, 1.165) is 34.0 Å². The summed E-state index contributed by atoms with van der Waals surface area (Å²) in [7, 11) is 0. The highest BCUT2D eigenvalue weighted by atomic mass is 19.4. The van der Waals surface area contributed by atoms with E-state index in [4.69, 9.17) is 0 Å². The molecule has 4 aliphatic rings. The number of allylic oxidation sites excluding steroid dienone is 3. The van der Waals surface area contributed by atoms with E-state index in [0.29, 0.717) is 32.1 Å². The fraction of sp³-hybridized carbons (Fsp3) is 0.483. The molecule has 3 nitrogen and oxygen atoms in total. The molecular formula is C29H30F3NO2. The highest BCUT2D eigenvalue weighted by Gasteiger charge is 2.60. The zero-order chi connectivity index (χ0) is 24.6. The molecule has 0 amide bonds. The molecule has 0 bridgehead atoms. The molecule has 0 radical (unpaired) electrons. The van der Waals surface area contributed by atoms with Crippen molar-refractivity contribution in [3.05, 3.63) is 71.0 Å². The lowest BCUT2D eigenvalue weighted by molar-refractivity contribution is -0.113. The van der Waals surface area contributed by atoms with Crippen LogP contribution in [0.4, 0.5) is 13.2 Å². The molecular weight excluding hydrogens is 451 g/mol. The number of pyridine rings is 1. The van der Waals surface area contributed by atoms with Crippen LogP contribution in [0.2, 0.25) is 0 Å². The van der Waals surface area contributed by atoms with Gasteiger partial charge in [-0.25, -0.2) is 0 Å². The highest BCUT2D eigenvalue weighted by Crippen LogP contribution is 2.64. The summed E-state index contributed by atoms with van der Waals surface area (Å²) in [6.07, 6.45) is 3.50. The SMILES string of the molecule is CC12CC(C(F)(F)F)=C3C=C4CC(O)CCC4CC[C@]3(O)C1CC=C2c1ccc2ncccc2c1. The van der Waals surface area contributed by atoms with Gasteiger partial charge in [0, 0.05) is 28.5 Å². The van der Waals surface area contributed by atoms with Crippen molar-refractivity contribution < 1.29 is 23.4 Å². The molecule has 1 aromatic carbocycles. The maximum atomic E-state index is 14.6. The lowest BCUT2D eigenvalue weighted by atomic mass is 9.56. The quantitative estimate of drug-likeness (QED) is 0.488. The number of aliphatic hydroxyl groups excluding tert-OH is 1. The van der Waals surface area contributed by atoms with Crippen LogP contribution in [0.1, 0.15) is 57.4 Å². The number of benzene rings is 1. The second-order valence-corrected chi connectivity index (χ2v) is 11.1. The molecule has 1 heterocycles. The highest BCUT2D eigenvalue weighted by molar-refractivity contribution is 5.85. The molecule has 6 rings (SSSR count). The van der Waals surface area contributed by atoms with Gasteiger partial charge in [0.05, 0.1) is 17.2 Å². The first kappa shape index (κ1) is 23.0. The van der Waals surface area contributed by atoms with Crippen LogP contribution in [-0.2, 0) is 0 Å². The topological polar surface area (TPSA) is 53.4 Å². The Labute approximate surface area is 203 Å². The zero-order valence-electron chi connectivity index (χ0n) is 19.8. The molecule has 6 heteroatoms. The molecule has 0 saturated heterocycles. The molecule has 1 saturated carbocycles. The molecule has 2 aromatic rings. The van der Waals surface area contributed by atoms with Crippen molar-refractivity contribution >= 4 is 16.5 Å². The summed E-state index contributed by atoms with van der Waals surface area (Å²) in [6, 6.07) is 9.68. The van der Waals surface area contributed by atoms with E-state index in [1.165, 1.54) is 0 Å². The number of hydrogen-bond acceptors (Lipinski definition) is 3. The molecule has 1 aromatic heterocycles. The second-order valence-electron chi connectivity index (χ2n) is 11.1. The Morgan fingerprint density at radius 1 is 1.11 bits per heavy atom. The Bertz CT molecular complexity index is 1290. The summed E-state index contributed by atoms with van der Waals surface area (Å²) in [4.78, 5) is 4.37. The Morgan fingerprint density at radius 2 is 1.94 bits per heavy atom. The van der Waals surface area contributed by atoms with Gasteiger partial charge in [0.2, 0.25) is 0 Å². The minimum Gasteiger partial charge on any atom is -0.393 e. The Balaban J connectivity index is 1.49. The van der Waals surface area contributed by atoms with Crippen molar-refractivity contribution in [3.63, 3.8) is 0 Å². The normalized spacial score (nSPS) is 35.1. The lowest BCUT2D eigenvalue weighted by Gasteiger charge is -2.50. The number of nitrogens with zero attached hydrogens (tertiary/aromatic N) is 1. The van der Waals surface area contributed by atoms with E-state index in [1.807, 2.05) is 43.3 Å². The van der Waals surface area contributed by atoms with E-state index in [-0.39, 0.29) is 23.8 Å². The van der Waals surface area contributed by atoms with E-state index in [2.05, 4.69) is 4.98 Å². The first-order chi connectivity index (χ1) is 16.6. The molecule has 4 unspecified atom stereocenters. The van der Waals surface area contributed by atoms with E-state index in [1.54, 1.807) is 12.3 Å². The minimum absolute atomic E-state index is 0.0523. The molecule has 5 atom stereocenters. The third-order valence-electron chi connectivity index (χ3n) is 9.16. The van der Waals surface area contributed by atoms with Crippen LogP contribution in [0.15, 0.2) is 65.4 Å². The fourth-order valence-electron chi connectivity index (χ4n) is 7.44. The average Bonchev–Trinajstić information content (AvgIpc) is 3.09. The number of hydrogen-bond donors (Lipinski definition) is 2. The van der Waals surface area contributed by atoms with Crippen LogP contribution in [0, 0.1) is 17.3 Å². The summed E-state index contributed by atoms with van der Waals surface area (Å²) in [5.74, 6) is -0.208. The van der Waals surface area contributed by atoms with Crippen molar-refractivity contribution in [3.8, 4) is 0 Å². The van der Waals surface area contributed by atoms with Crippen LogP contribution < -0.4 is 0 Å². The van der Waals surface area contributed by atoms with Crippen molar-refractivity contribution in [1.29, 1.82) is 0 Å². The third-order valence-corrected chi connectivity index (χ3v) is 9.16. The zero-order valence-corrected chi connectivity index (χ0v) is 19.8. The van der Waals surface area contributed by atoms with Gasteiger partial charge >= 0.3 is 6.18 Å². The molecule has 0 spiro atoms. The lowest BCUT2D eigenvalue weighted by Crippen LogP contribution is -2.51. The van der Waals surface area contributed by atoms with E-state index < -0.39 is 28.9 Å². The van der Waals surface area contributed by atoms with Gasteiger partial charge in [0.1, 0.15) is 0 Å². The summed E-state index contributed by atoms with van der Waals surface area (Å²) in [5, 5.41) is 23.3. The predicted molar refractivity (Wildman–Crippen MR) is 129 cm³/mol. The maximum absolute atomic E-state index is 14.6. The van der Waals surface area contributed by atoms with Crippen LogP contribution in [0.3, 0.4) is 0 Å². The van der Waals surface area contributed by atoms with Crippen LogP contribution >= 0.6 is 0 Å².